The quantitative estimate of drug-likeness (QED) is 0.835. The first-order valence-electron chi connectivity index (χ1n) is 5.89. The molecule has 2 aromatic rings. The van der Waals surface area contributed by atoms with Crippen LogP contribution in [0.15, 0.2) is 47.4 Å². The Morgan fingerprint density at radius 2 is 1.95 bits per heavy atom. The molecule has 0 bridgehead atoms. The SMILES string of the molecule is CSc1cccc(OCc2ccc(Cl)cc2)c1C(=O)O. The van der Waals surface area contributed by atoms with Gasteiger partial charge in [0.2, 0.25) is 0 Å². The molecule has 0 aliphatic heterocycles. The van der Waals surface area contributed by atoms with E-state index in [9.17, 15) is 9.90 Å². The second-order valence-corrected chi connectivity index (χ2v) is 5.34. The molecule has 3 nitrogen and oxygen atoms in total. The summed E-state index contributed by atoms with van der Waals surface area (Å²) in [6, 6.07) is 12.5. The van der Waals surface area contributed by atoms with E-state index in [0.29, 0.717) is 22.3 Å². The predicted molar refractivity (Wildman–Crippen MR) is 81.0 cm³/mol. The molecule has 0 saturated carbocycles. The third kappa shape index (κ3) is 3.46. The van der Waals surface area contributed by atoms with Gasteiger partial charge in [-0.25, -0.2) is 4.79 Å². The first kappa shape index (κ1) is 14.8. The van der Waals surface area contributed by atoms with Gasteiger partial charge < -0.3 is 9.84 Å². The third-order valence-electron chi connectivity index (χ3n) is 2.73. The molecule has 0 spiro atoms. The molecule has 0 radical (unpaired) electrons. The summed E-state index contributed by atoms with van der Waals surface area (Å²) < 4.78 is 5.63. The minimum Gasteiger partial charge on any atom is -0.488 e. The van der Waals surface area contributed by atoms with Crippen molar-refractivity contribution in [3.63, 3.8) is 0 Å². The lowest BCUT2D eigenvalue weighted by Crippen LogP contribution is -2.05. The van der Waals surface area contributed by atoms with Crippen molar-refractivity contribution in [2.24, 2.45) is 0 Å². The number of aromatic carboxylic acids is 1. The summed E-state index contributed by atoms with van der Waals surface area (Å²) in [5, 5.41) is 9.96. The average molecular weight is 309 g/mol. The Hall–Kier alpha value is -1.65. The summed E-state index contributed by atoms with van der Waals surface area (Å²) in [5.74, 6) is -0.611. The lowest BCUT2D eigenvalue weighted by Gasteiger charge is -2.11. The number of thioether (sulfide) groups is 1. The van der Waals surface area contributed by atoms with Crippen LogP contribution in [0.3, 0.4) is 0 Å². The van der Waals surface area contributed by atoms with E-state index in [2.05, 4.69) is 0 Å². The number of hydrogen-bond acceptors (Lipinski definition) is 3. The number of ether oxygens (including phenoxy) is 1. The van der Waals surface area contributed by atoms with Gasteiger partial charge >= 0.3 is 5.97 Å². The van der Waals surface area contributed by atoms with E-state index in [0.717, 1.165) is 5.56 Å². The van der Waals surface area contributed by atoms with Gasteiger partial charge in [-0.05, 0) is 36.1 Å². The molecule has 2 aromatic carbocycles. The molecule has 5 heteroatoms. The maximum absolute atomic E-state index is 11.3. The van der Waals surface area contributed by atoms with E-state index in [1.54, 1.807) is 30.3 Å². The molecule has 0 heterocycles. The molecule has 0 amide bonds. The van der Waals surface area contributed by atoms with Gasteiger partial charge in [0.15, 0.2) is 0 Å². The molecule has 104 valence electrons. The van der Waals surface area contributed by atoms with Gasteiger partial charge in [0.1, 0.15) is 17.9 Å². The van der Waals surface area contributed by atoms with Gasteiger partial charge in [-0.1, -0.05) is 29.8 Å². The van der Waals surface area contributed by atoms with Crippen LogP contribution in [0.1, 0.15) is 15.9 Å². The number of carbonyl (C=O) groups is 1. The van der Waals surface area contributed by atoms with Crippen molar-refractivity contribution in [2.75, 3.05) is 6.26 Å². The van der Waals surface area contributed by atoms with Gasteiger partial charge in [-0.3, -0.25) is 0 Å². The highest BCUT2D eigenvalue weighted by Crippen LogP contribution is 2.29. The molecule has 0 aromatic heterocycles. The summed E-state index contributed by atoms with van der Waals surface area (Å²) in [6.45, 7) is 0.301. The third-order valence-corrected chi connectivity index (χ3v) is 3.76. The van der Waals surface area contributed by atoms with Crippen LogP contribution in [-0.2, 0) is 6.61 Å². The van der Waals surface area contributed by atoms with Gasteiger partial charge in [0.05, 0.1) is 0 Å². The first-order valence-corrected chi connectivity index (χ1v) is 7.49. The fourth-order valence-corrected chi connectivity index (χ4v) is 2.49. The van der Waals surface area contributed by atoms with Gasteiger partial charge in [0.25, 0.3) is 0 Å². The maximum Gasteiger partial charge on any atom is 0.340 e. The minimum absolute atomic E-state index is 0.203. The fourth-order valence-electron chi connectivity index (χ4n) is 1.75. The van der Waals surface area contributed by atoms with E-state index >= 15 is 0 Å². The van der Waals surface area contributed by atoms with Gasteiger partial charge in [-0.15, -0.1) is 11.8 Å². The van der Waals surface area contributed by atoms with Crippen molar-refractivity contribution in [1.29, 1.82) is 0 Å². The van der Waals surface area contributed by atoms with Crippen LogP contribution in [0.5, 0.6) is 5.75 Å². The number of rotatable bonds is 5. The average Bonchev–Trinajstić information content (AvgIpc) is 2.46. The smallest absolute Gasteiger partial charge is 0.340 e. The summed E-state index contributed by atoms with van der Waals surface area (Å²) in [7, 11) is 0. The Labute approximate surface area is 126 Å². The number of carboxylic acid groups (broad SMARTS) is 1. The maximum atomic E-state index is 11.3. The minimum atomic E-state index is -0.985. The molecule has 0 fully saturated rings. The van der Waals surface area contributed by atoms with E-state index in [4.69, 9.17) is 16.3 Å². The topological polar surface area (TPSA) is 46.5 Å². The Morgan fingerprint density at radius 1 is 1.25 bits per heavy atom. The van der Waals surface area contributed by atoms with Crippen molar-refractivity contribution < 1.29 is 14.6 Å². The highest BCUT2D eigenvalue weighted by atomic mass is 35.5. The van der Waals surface area contributed by atoms with Crippen molar-refractivity contribution in [3.05, 3.63) is 58.6 Å². The van der Waals surface area contributed by atoms with E-state index < -0.39 is 5.97 Å². The molecule has 2 rings (SSSR count). The summed E-state index contributed by atoms with van der Waals surface area (Å²) in [4.78, 5) is 12.0. The Bertz CT molecular complexity index is 611. The molecule has 1 N–H and O–H groups in total. The summed E-state index contributed by atoms with van der Waals surface area (Å²) in [6.07, 6.45) is 1.84. The van der Waals surface area contributed by atoms with Crippen molar-refractivity contribution >= 4 is 29.3 Å². The molecule has 20 heavy (non-hydrogen) atoms. The standard InChI is InChI=1S/C15H13ClO3S/c1-20-13-4-2-3-12(14(13)15(17)18)19-9-10-5-7-11(16)8-6-10/h2-8H,9H2,1H3,(H,17,18). The van der Waals surface area contributed by atoms with E-state index in [1.165, 1.54) is 11.8 Å². The predicted octanol–water partition coefficient (Wildman–Crippen LogP) is 4.34. The van der Waals surface area contributed by atoms with Crippen LogP contribution in [0.4, 0.5) is 0 Å². The molecule has 0 unspecified atom stereocenters. The normalized spacial score (nSPS) is 10.3. The highest BCUT2D eigenvalue weighted by Gasteiger charge is 2.16. The zero-order valence-corrected chi connectivity index (χ0v) is 12.4. The lowest BCUT2D eigenvalue weighted by molar-refractivity contribution is 0.0687. The van der Waals surface area contributed by atoms with Crippen molar-refractivity contribution in [3.8, 4) is 5.75 Å². The zero-order valence-electron chi connectivity index (χ0n) is 10.8. The van der Waals surface area contributed by atoms with Crippen LogP contribution in [0, 0.1) is 0 Å². The number of hydrogen-bond donors (Lipinski definition) is 1. The number of carboxylic acids is 1. The van der Waals surface area contributed by atoms with Crippen molar-refractivity contribution in [1.82, 2.24) is 0 Å². The van der Waals surface area contributed by atoms with Crippen LogP contribution >= 0.6 is 23.4 Å². The Morgan fingerprint density at radius 3 is 2.55 bits per heavy atom. The van der Waals surface area contributed by atoms with Crippen LogP contribution in [0.25, 0.3) is 0 Å². The largest absolute Gasteiger partial charge is 0.488 e. The Balaban J connectivity index is 2.21. The number of benzene rings is 2. The molecular weight excluding hydrogens is 296 g/mol. The van der Waals surface area contributed by atoms with E-state index in [-0.39, 0.29) is 5.56 Å². The zero-order chi connectivity index (χ0) is 14.5. The summed E-state index contributed by atoms with van der Waals surface area (Å²) >= 11 is 7.20. The van der Waals surface area contributed by atoms with Crippen LogP contribution in [-0.4, -0.2) is 17.3 Å². The highest BCUT2D eigenvalue weighted by molar-refractivity contribution is 7.98. The van der Waals surface area contributed by atoms with Crippen molar-refractivity contribution in [2.45, 2.75) is 11.5 Å². The molecule has 0 atom stereocenters. The molecule has 0 aliphatic rings. The first-order chi connectivity index (χ1) is 9.61. The lowest BCUT2D eigenvalue weighted by atomic mass is 10.2. The van der Waals surface area contributed by atoms with Crippen LogP contribution in [0.2, 0.25) is 5.02 Å². The summed E-state index contributed by atoms with van der Waals surface area (Å²) in [5.41, 5.74) is 1.13. The van der Waals surface area contributed by atoms with Crippen LogP contribution < -0.4 is 4.74 Å². The molecular formula is C15H13ClO3S. The van der Waals surface area contributed by atoms with E-state index in [1.807, 2.05) is 18.4 Å². The fraction of sp³-hybridized carbons (Fsp3) is 0.133. The number of halogens is 1. The Kier molecular flexibility index (Phi) is 4.93. The monoisotopic (exact) mass is 308 g/mol. The van der Waals surface area contributed by atoms with Gasteiger partial charge in [-0.2, -0.15) is 0 Å². The second kappa shape index (κ2) is 6.68. The second-order valence-electron chi connectivity index (χ2n) is 4.05. The van der Waals surface area contributed by atoms with Gasteiger partial charge in [0, 0.05) is 9.92 Å². The molecule has 0 saturated heterocycles. The molecule has 0 aliphatic carbocycles.